The van der Waals surface area contributed by atoms with E-state index < -0.39 is 35.9 Å². The predicted octanol–water partition coefficient (Wildman–Crippen LogP) is 0.312. The number of aliphatic hydroxyl groups is 3. The van der Waals surface area contributed by atoms with Crippen LogP contribution in [-0.4, -0.2) is 46.1 Å². The second kappa shape index (κ2) is 6.05. The van der Waals surface area contributed by atoms with Gasteiger partial charge in [-0.25, -0.2) is 4.39 Å². The first-order chi connectivity index (χ1) is 9.43. The Morgan fingerprint density at radius 3 is 2.65 bits per heavy atom. The van der Waals surface area contributed by atoms with Gasteiger partial charge in [-0.3, -0.25) is 4.79 Å². The summed E-state index contributed by atoms with van der Waals surface area (Å²) in [5.41, 5.74) is 0.158. The van der Waals surface area contributed by atoms with Gasteiger partial charge in [-0.05, 0) is 24.6 Å². The molecule has 2 rings (SSSR count). The highest BCUT2D eigenvalue weighted by Crippen LogP contribution is 2.26. The van der Waals surface area contributed by atoms with E-state index in [-0.39, 0.29) is 23.6 Å². The largest absolute Gasteiger partial charge is 0.396 e. The van der Waals surface area contributed by atoms with E-state index in [1.807, 2.05) is 0 Å². The van der Waals surface area contributed by atoms with Crippen molar-refractivity contribution in [3.63, 3.8) is 0 Å². The van der Waals surface area contributed by atoms with Crippen LogP contribution in [0.5, 0.6) is 0 Å². The molecule has 1 aromatic rings. The number of rotatable bonds is 3. The van der Waals surface area contributed by atoms with Gasteiger partial charge in [-0.15, -0.1) is 0 Å². The molecule has 1 aromatic carbocycles. The van der Waals surface area contributed by atoms with Gasteiger partial charge in [-0.1, -0.05) is 11.6 Å². The summed E-state index contributed by atoms with van der Waals surface area (Å²) in [6.45, 7) is -0.271. The number of halogens is 2. The fourth-order valence-corrected chi connectivity index (χ4v) is 2.52. The Morgan fingerprint density at radius 1 is 1.40 bits per heavy atom. The third-order valence-electron chi connectivity index (χ3n) is 3.53. The van der Waals surface area contributed by atoms with Crippen LogP contribution in [0.25, 0.3) is 0 Å². The van der Waals surface area contributed by atoms with Crippen LogP contribution in [0.4, 0.5) is 4.39 Å². The number of hydrogen-bond acceptors (Lipinski definition) is 4. The Labute approximate surface area is 120 Å². The fourth-order valence-electron chi connectivity index (χ4n) is 2.34. The van der Waals surface area contributed by atoms with Crippen LogP contribution in [0.15, 0.2) is 18.2 Å². The summed E-state index contributed by atoms with van der Waals surface area (Å²) in [5.74, 6) is -1.63. The Hall–Kier alpha value is -1.21. The highest BCUT2D eigenvalue weighted by molar-refractivity contribution is 6.31. The third kappa shape index (κ3) is 2.93. The lowest BCUT2D eigenvalue weighted by Crippen LogP contribution is -2.43. The minimum atomic E-state index is -1.15. The van der Waals surface area contributed by atoms with Gasteiger partial charge in [0.1, 0.15) is 11.9 Å². The second-order valence-electron chi connectivity index (χ2n) is 4.87. The molecule has 0 heterocycles. The van der Waals surface area contributed by atoms with Crippen molar-refractivity contribution in [2.75, 3.05) is 6.61 Å². The van der Waals surface area contributed by atoms with E-state index >= 15 is 0 Å². The summed E-state index contributed by atoms with van der Waals surface area (Å²) >= 11 is 5.59. The van der Waals surface area contributed by atoms with Crippen LogP contribution < -0.4 is 5.32 Å². The van der Waals surface area contributed by atoms with E-state index in [0.29, 0.717) is 0 Å². The number of benzene rings is 1. The van der Waals surface area contributed by atoms with Crippen molar-refractivity contribution in [3.05, 3.63) is 34.6 Å². The number of nitrogens with one attached hydrogen (secondary N) is 1. The molecule has 110 valence electrons. The van der Waals surface area contributed by atoms with Crippen molar-refractivity contribution in [1.29, 1.82) is 0 Å². The molecule has 0 bridgehead atoms. The number of carbonyl (C=O) groups excluding carboxylic acids is 1. The summed E-state index contributed by atoms with van der Waals surface area (Å²) in [4.78, 5) is 12.0. The average Bonchev–Trinajstić information content (AvgIpc) is 2.69. The molecular formula is C13H15ClFNO4. The summed E-state index contributed by atoms with van der Waals surface area (Å²) in [5, 5.41) is 30.9. The van der Waals surface area contributed by atoms with Crippen LogP contribution >= 0.6 is 11.6 Å². The standard InChI is InChI=1S/C13H15ClFNO4/c14-8-3-6(1-2-9(8)15)13(20)16-10-4-7(5-17)11(18)12(10)19/h1-3,7,10-12,17-19H,4-5H2,(H,16,20)/t7-,10-,11-,12+/m0/s1. The van der Waals surface area contributed by atoms with E-state index in [1.54, 1.807) is 0 Å². The smallest absolute Gasteiger partial charge is 0.251 e. The quantitative estimate of drug-likeness (QED) is 0.647. The minimum absolute atomic E-state index is 0.158. The van der Waals surface area contributed by atoms with Crippen LogP contribution in [0.1, 0.15) is 16.8 Å². The average molecular weight is 304 g/mol. The van der Waals surface area contributed by atoms with Gasteiger partial charge < -0.3 is 20.6 Å². The Morgan fingerprint density at radius 2 is 2.10 bits per heavy atom. The summed E-state index contributed by atoms with van der Waals surface area (Å²) < 4.78 is 13.0. The number of amides is 1. The van der Waals surface area contributed by atoms with Gasteiger partial charge in [0.05, 0.1) is 17.2 Å². The molecule has 4 atom stereocenters. The lowest BCUT2D eigenvalue weighted by atomic mass is 10.1. The maximum absolute atomic E-state index is 13.0. The molecule has 0 radical (unpaired) electrons. The van der Waals surface area contributed by atoms with Gasteiger partial charge in [0.15, 0.2) is 0 Å². The molecule has 1 aliphatic rings. The van der Waals surface area contributed by atoms with Crippen LogP contribution in [0.3, 0.4) is 0 Å². The van der Waals surface area contributed by atoms with Crippen LogP contribution in [0, 0.1) is 11.7 Å². The summed E-state index contributed by atoms with van der Waals surface area (Å²) in [6, 6.07) is 2.87. The molecule has 0 unspecified atom stereocenters. The van der Waals surface area contributed by atoms with E-state index in [9.17, 15) is 19.4 Å². The van der Waals surface area contributed by atoms with Gasteiger partial charge in [0.25, 0.3) is 5.91 Å². The molecule has 20 heavy (non-hydrogen) atoms. The van der Waals surface area contributed by atoms with Crippen LogP contribution in [-0.2, 0) is 0 Å². The van der Waals surface area contributed by atoms with Gasteiger partial charge in [0.2, 0.25) is 0 Å². The molecule has 1 saturated carbocycles. The number of carbonyl (C=O) groups is 1. The monoisotopic (exact) mass is 303 g/mol. The zero-order valence-corrected chi connectivity index (χ0v) is 11.2. The van der Waals surface area contributed by atoms with Gasteiger partial charge in [0, 0.05) is 18.1 Å². The van der Waals surface area contributed by atoms with Crippen molar-refractivity contribution < 1.29 is 24.5 Å². The predicted molar refractivity (Wildman–Crippen MR) is 69.9 cm³/mol. The second-order valence-corrected chi connectivity index (χ2v) is 5.28. The SMILES string of the molecule is O=C(N[C@H]1C[C@@H](CO)[C@H](O)[C@@H]1O)c1ccc(F)c(Cl)c1. The lowest BCUT2D eigenvalue weighted by molar-refractivity contribution is 0.000136. The van der Waals surface area contributed by atoms with Gasteiger partial charge >= 0.3 is 0 Å². The van der Waals surface area contributed by atoms with Crippen molar-refractivity contribution in [2.45, 2.75) is 24.7 Å². The first-order valence-corrected chi connectivity index (χ1v) is 6.54. The summed E-state index contributed by atoms with van der Waals surface area (Å²) in [7, 11) is 0. The molecule has 5 nitrogen and oxygen atoms in total. The Kier molecular flexibility index (Phi) is 4.59. The minimum Gasteiger partial charge on any atom is -0.396 e. The molecule has 7 heteroatoms. The Balaban J connectivity index is 2.06. The zero-order valence-electron chi connectivity index (χ0n) is 10.5. The van der Waals surface area contributed by atoms with Crippen molar-refractivity contribution in [3.8, 4) is 0 Å². The molecule has 0 aliphatic heterocycles. The topological polar surface area (TPSA) is 89.8 Å². The molecule has 0 spiro atoms. The molecule has 1 amide bonds. The van der Waals surface area contributed by atoms with E-state index in [4.69, 9.17) is 16.7 Å². The van der Waals surface area contributed by atoms with Crippen molar-refractivity contribution in [1.82, 2.24) is 5.32 Å². The third-order valence-corrected chi connectivity index (χ3v) is 3.82. The number of aliphatic hydroxyl groups excluding tert-OH is 3. The molecular weight excluding hydrogens is 289 g/mol. The summed E-state index contributed by atoms with van der Waals surface area (Å²) in [6.07, 6.45) is -1.96. The molecule has 1 aliphatic carbocycles. The number of hydrogen-bond donors (Lipinski definition) is 4. The molecule has 0 aromatic heterocycles. The molecule has 4 N–H and O–H groups in total. The van der Waals surface area contributed by atoms with Crippen LogP contribution in [0.2, 0.25) is 5.02 Å². The van der Waals surface area contributed by atoms with E-state index in [1.165, 1.54) is 12.1 Å². The maximum Gasteiger partial charge on any atom is 0.251 e. The van der Waals surface area contributed by atoms with Gasteiger partial charge in [-0.2, -0.15) is 0 Å². The highest BCUT2D eigenvalue weighted by atomic mass is 35.5. The van der Waals surface area contributed by atoms with Crippen molar-refractivity contribution >= 4 is 17.5 Å². The normalized spacial score (nSPS) is 29.4. The first-order valence-electron chi connectivity index (χ1n) is 6.17. The zero-order chi connectivity index (χ0) is 14.9. The first kappa shape index (κ1) is 15.2. The Bertz CT molecular complexity index is 513. The van der Waals surface area contributed by atoms with E-state index in [2.05, 4.69) is 5.32 Å². The fraction of sp³-hybridized carbons (Fsp3) is 0.462. The van der Waals surface area contributed by atoms with Crippen molar-refractivity contribution in [2.24, 2.45) is 5.92 Å². The van der Waals surface area contributed by atoms with E-state index in [0.717, 1.165) is 6.07 Å². The highest BCUT2D eigenvalue weighted by Gasteiger charge is 2.41. The molecule has 1 fully saturated rings. The lowest BCUT2D eigenvalue weighted by Gasteiger charge is -2.18. The molecule has 0 saturated heterocycles. The maximum atomic E-state index is 13.0.